The number of carbonyl (C=O) groups excluding carboxylic acids is 1. The number of rotatable bonds is 7. The number of amides is 1. The molecule has 1 aliphatic rings. The highest BCUT2D eigenvalue weighted by molar-refractivity contribution is 5.92. The summed E-state index contributed by atoms with van der Waals surface area (Å²) in [6, 6.07) is 25.5. The van der Waals surface area contributed by atoms with E-state index in [0.29, 0.717) is 23.7 Å². The number of ether oxygens (including phenoxy) is 2. The Bertz CT molecular complexity index is 1260. The predicted molar refractivity (Wildman–Crippen MR) is 127 cm³/mol. The second kappa shape index (κ2) is 9.18. The first-order chi connectivity index (χ1) is 16.2. The molecule has 0 aliphatic carbocycles. The van der Waals surface area contributed by atoms with Gasteiger partial charge in [-0.1, -0.05) is 48.5 Å². The van der Waals surface area contributed by atoms with Crippen LogP contribution in [0.1, 0.15) is 5.56 Å². The lowest BCUT2D eigenvalue weighted by molar-refractivity contribution is -0.117. The molecule has 7 nitrogen and oxygen atoms in total. The van der Waals surface area contributed by atoms with E-state index < -0.39 is 0 Å². The van der Waals surface area contributed by atoms with Crippen molar-refractivity contribution in [3.63, 3.8) is 0 Å². The van der Waals surface area contributed by atoms with Crippen LogP contribution in [0, 0.1) is 0 Å². The van der Waals surface area contributed by atoms with Crippen molar-refractivity contribution in [3.8, 4) is 28.4 Å². The average Bonchev–Trinajstić information content (AvgIpc) is 3.47. The smallest absolute Gasteiger partial charge is 0.238 e. The molecule has 0 radical (unpaired) electrons. The summed E-state index contributed by atoms with van der Waals surface area (Å²) in [6.07, 6.45) is 2.03. The predicted octanol–water partition coefficient (Wildman–Crippen LogP) is 4.34. The summed E-state index contributed by atoms with van der Waals surface area (Å²) in [5.41, 5.74) is 4.66. The number of carbonyl (C=O) groups is 1. The van der Waals surface area contributed by atoms with E-state index in [-0.39, 0.29) is 19.2 Å². The normalized spacial score (nSPS) is 12.2. The van der Waals surface area contributed by atoms with E-state index in [1.165, 1.54) is 0 Å². The van der Waals surface area contributed by atoms with Crippen molar-refractivity contribution in [1.82, 2.24) is 14.7 Å². The summed E-state index contributed by atoms with van der Waals surface area (Å²) in [5, 5.41) is 7.78. The number of benzene rings is 3. The maximum Gasteiger partial charge on any atom is 0.238 e. The molecule has 0 saturated carbocycles. The lowest BCUT2D eigenvalue weighted by Crippen LogP contribution is -2.29. The molecule has 4 aromatic rings. The minimum atomic E-state index is -0.104. The Hall–Kier alpha value is -4.10. The molecule has 0 bridgehead atoms. The van der Waals surface area contributed by atoms with Crippen molar-refractivity contribution >= 4 is 11.6 Å². The monoisotopic (exact) mass is 440 g/mol. The molecule has 166 valence electrons. The fraction of sp³-hybridized carbons (Fsp3) is 0.154. The van der Waals surface area contributed by atoms with Gasteiger partial charge in [0.2, 0.25) is 12.7 Å². The number of fused-ring (bicyclic) bond motifs is 1. The third kappa shape index (κ3) is 4.73. The van der Waals surface area contributed by atoms with Crippen molar-refractivity contribution in [2.24, 2.45) is 0 Å². The summed E-state index contributed by atoms with van der Waals surface area (Å²) >= 11 is 0. The van der Waals surface area contributed by atoms with Crippen LogP contribution in [0.5, 0.6) is 11.5 Å². The van der Waals surface area contributed by atoms with Gasteiger partial charge in [-0.25, -0.2) is 4.68 Å². The van der Waals surface area contributed by atoms with Crippen LogP contribution in [0.25, 0.3) is 16.9 Å². The Labute approximate surface area is 192 Å². The van der Waals surface area contributed by atoms with Gasteiger partial charge in [-0.15, -0.1) is 0 Å². The lowest BCUT2D eigenvalue weighted by atomic mass is 10.1. The number of nitrogens with zero attached hydrogens (tertiary/aromatic N) is 3. The van der Waals surface area contributed by atoms with Gasteiger partial charge in [0.25, 0.3) is 0 Å². The molecular weight excluding hydrogens is 416 g/mol. The van der Waals surface area contributed by atoms with Gasteiger partial charge >= 0.3 is 0 Å². The van der Waals surface area contributed by atoms with Crippen LogP contribution in [-0.2, 0) is 11.3 Å². The number of hydrogen-bond donors (Lipinski definition) is 1. The minimum absolute atomic E-state index is 0.104. The summed E-state index contributed by atoms with van der Waals surface area (Å²) in [7, 11) is 1.92. The highest BCUT2D eigenvalue weighted by Crippen LogP contribution is 2.34. The van der Waals surface area contributed by atoms with Crippen molar-refractivity contribution in [2.75, 3.05) is 25.7 Å². The van der Waals surface area contributed by atoms with E-state index in [1.54, 1.807) is 12.1 Å². The Kier molecular flexibility index (Phi) is 5.78. The molecule has 0 atom stereocenters. The van der Waals surface area contributed by atoms with Gasteiger partial charge in [0.15, 0.2) is 11.5 Å². The molecule has 33 heavy (non-hydrogen) atoms. The molecule has 0 saturated heterocycles. The van der Waals surface area contributed by atoms with Crippen LogP contribution in [-0.4, -0.2) is 41.0 Å². The number of nitrogens with one attached hydrogen (secondary N) is 1. The van der Waals surface area contributed by atoms with Crippen molar-refractivity contribution in [2.45, 2.75) is 6.54 Å². The van der Waals surface area contributed by atoms with E-state index in [1.807, 2.05) is 89.6 Å². The molecule has 5 rings (SSSR count). The van der Waals surface area contributed by atoms with Gasteiger partial charge in [0.1, 0.15) is 0 Å². The van der Waals surface area contributed by atoms with Crippen LogP contribution in [0.3, 0.4) is 0 Å². The van der Waals surface area contributed by atoms with Gasteiger partial charge in [0.05, 0.1) is 17.9 Å². The van der Waals surface area contributed by atoms with Crippen molar-refractivity contribution < 1.29 is 14.3 Å². The largest absolute Gasteiger partial charge is 0.454 e. The first kappa shape index (κ1) is 20.8. The number of anilines is 1. The van der Waals surface area contributed by atoms with E-state index >= 15 is 0 Å². The summed E-state index contributed by atoms with van der Waals surface area (Å²) < 4.78 is 12.6. The molecule has 3 aromatic carbocycles. The molecular formula is C26H24N4O3. The van der Waals surface area contributed by atoms with Crippen LogP contribution in [0.2, 0.25) is 0 Å². The maximum absolute atomic E-state index is 12.6. The lowest BCUT2D eigenvalue weighted by Gasteiger charge is -2.16. The van der Waals surface area contributed by atoms with E-state index in [4.69, 9.17) is 14.6 Å². The van der Waals surface area contributed by atoms with Gasteiger partial charge in [-0.2, -0.15) is 5.10 Å². The van der Waals surface area contributed by atoms with Crippen LogP contribution < -0.4 is 14.8 Å². The molecule has 1 aromatic heterocycles. The zero-order valence-corrected chi connectivity index (χ0v) is 18.3. The third-order valence-corrected chi connectivity index (χ3v) is 5.37. The fourth-order valence-electron chi connectivity index (χ4n) is 3.84. The zero-order valence-electron chi connectivity index (χ0n) is 18.3. The SMILES string of the molecule is CN(CC(=O)Nc1ccc2c(c1)OCO2)Cc1cn(-c2ccccc2)nc1-c1ccccc1. The standard InChI is InChI=1S/C26H24N4O3/c1-29(17-25(31)27-21-12-13-23-24(14-21)33-18-32-23)15-20-16-30(22-10-6-3-7-11-22)28-26(20)19-8-4-2-5-9-19/h2-14,16H,15,17-18H2,1H3,(H,27,31). The first-order valence-corrected chi connectivity index (χ1v) is 10.7. The quantitative estimate of drug-likeness (QED) is 0.463. The molecule has 1 aliphatic heterocycles. The number of para-hydroxylation sites is 1. The summed E-state index contributed by atoms with van der Waals surface area (Å²) in [6.45, 7) is 1.01. The molecule has 7 heteroatoms. The molecule has 1 amide bonds. The summed E-state index contributed by atoms with van der Waals surface area (Å²) in [4.78, 5) is 14.6. The van der Waals surface area contributed by atoms with Crippen LogP contribution in [0.15, 0.2) is 85.1 Å². The Morgan fingerprint density at radius 3 is 2.52 bits per heavy atom. The first-order valence-electron chi connectivity index (χ1n) is 10.7. The van der Waals surface area contributed by atoms with Gasteiger partial charge in [0, 0.05) is 35.6 Å². The van der Waals surface area contributed by atoms with Crippen molar-refractivity contribution in [1.29, 1.82) is 0 Å². The zero-order chi connectivity index (χ0) is 22.6. The van der Waals surface area contributed by atoms with Crippen LogP contribution in [0.4, 0.5) is 5.69 Å². The van der Waals surface area contributed by atoms with Gasteiger partial charge < -0.3 is 14.8 Å². The number of likely N-dealkylation sites (N-methyl/N-ethyl adjacent to an activating group) is 1. The highest BCUT2D eigenvalue weighted by atomic mass is 16.7. The van der Waals surface area contributed by atoms with Gasteiger partial charge in [-0.05, 0) is 31.3 Å². The van der Waals surface area contributed by atoms with E-state index in [2.05, 4.69) is 5.32 Å². The number of hydrogen-bond acceptors (Lipinski definition) is 5. The third-order valence-electron chi connectivity index (χ3n) is 5.37. The van der Waals surface area contributed by atoms with Gasteiger partial charge in [-0.3, -0.25) is 9.69 Å². The Morgan fingerprint density at radius 2 is 1.73 bits per heavy atom. The topological polar surface area (TPSA) is 68.6 Å². The molecule has 0 spiro atoms. The average molecular weight is 441 g/mol. The highest BCUT2D eigenvalue weighted by Gasteiger charge is 2.17. The maximum atomic E-state index is 12.6. The molecule has 0 unspecified atom stereocenters. The second-order valence-corrected chi connectivity index (χ2v) is 7.94. The van der Waals surface area contributed by atoms with E-state index in [9.17, 15) is 4.79 Å². The fourth-order valence-corrected chi connectivity index (χ4v) is 3.84. The summed E-state index contributed by atoms with van der Waals surface area (Å²) in [5.74, 6) is 1.23. The number of aromatic nitrogens is 2. The minimum Gasteiger partial charge on any atom is -0.454 e. The van der Waals surface area contributed by atoms with E-state index in [0.717, 1.165) is 22.5 Å². The van der Waals surface area contributed by atoms with Crippen LogP contribution >= 0.6 is 0 Å². The molecule has 0 fully saturated rings. The molecule has 1 N–H and O–H groups in total. The Morgan fingerprint density at radius 1 is 1.00 bits per heavy atom. The Balaban J connectivity index is 1.31. The molecule has 2 heterocycles. The second-order valence-electron chi connectivity index (χ2n) is 7.94. The van der Waals surface area contributed by atoms with Crippen molar-refractivity contribution in [3.05, 3.63) is 90.6 Å².